The third-order valence-electron chi connectivity index (χ3n) is 5.25. The lowest BCUT2D eigenvalue weighted by molar-refractivity contribution is -0.340. The molecule has 8 nitrogen and oxygen atoms in total. The molecule has 4 unspecified atom stereocenters. The molecule has 0 N–H and O–H groups in total. The largest absolute Gasteiger partial charge is 0.450 e. The van der Waals surface area contributed by atoms with E-state index in [0.717, 1.165) is 0 Å². The molecule has 3 saturated heterocycles. The molecule has 4 rings (SSSR count). The van der Waals surface area contributed by atoms with Crippen molar-refractivity contribution in [2.75, 3.05) is 13.7 Å². The minimum atomic E-state index is -0.876. The van der Waals surface area contributed by atoms with Crippen LogP contribution < -0.4 is 0 Å². The topological polar surface area (TPSA) is 81.7 Å². The van der Waals surface area contributed by atoms with Crippen LogP contribution in [0.1, 0.15) is 38.1 Å². The van der Waals surface area contributed by atoms with E-state index in [4.69, 9.17) is 33.2 Å². The average molecular weight is 408 g/mol. The molecule has 6 atom stereocenters. The Labute approximate surface area is 170 Å². The Morgan fingerprint density at radius 1 is 0.966 bits per heavy atom. The van der Waals surface area contributed by atoms with Gasteiger partial charge in [0.05, 0.1) is 12.2 Å². The van der Waals surface area contributed by atoms with Crippen LogP contribution in [0, 0.1) is 0 Å². The highest BCUT2D eigenvalue weighted by molar-refractivity contribution is 5.89. The number of rotatable bonds is 3. The molecule has 3 heterocycles. The first-order chi connectivity index (χ1) is 13.7. The standard InChI is InChI=1S/C21H28O8/c1-20(2)24-11-13-14(27-20)15-16(29-21(3,4)28-15)17(19(23-5)25-13)26-18(22)12-9-7-6-8-10-12/h6-10,13-17,19H,11H2,1-5H3/t13?,14-,15?,16?,17?,19-/m1/s1. The fourth-order valence-corrected chi connectivity index (χ4v) is 4.02. The normalized spacial score (nSPS) is 37.8. The molecule has 0 aromatic heterocycles. The van der Waals surface area contributed by atoms with Gasteiger partial charge in [-0.1, -0.05) is 18.2 Å². The molecule has 1 aromatic carbocycles. The summed E-state index contributed by atoms with van der Waals surface area (Å²) < 4.78 is 41.7. The number of ether oxygens (including phenoxy) is 7. The van der Waals surface area contributed by atoms with Crippen molar-refractivity contribution in [1.82, 2.24) is 0 Å². The molecule has 0 amide bonds. The number of benzene rings is 1. The van der Waals surface area contributed by atoms with Crippen molar-refractivity contribution in [1.29, 1.82) is 0 Å². The molecule has 29 heavy (non-hydrogen) atoms. The maximum atomic E-state index is 12.8. The molecular formula is C21H28O8. The SMILES string of the molecule is CO[C@@H]1OC2COC(C)(C)O[C@H]2C2OC(C)(C)OC2C1OC(=O)c1ccccc1. The number of carbonyl (C=O) groups excluding carboxylic acids is 1. The van der Waals surface area contributed by atoms with E-state index in [-0.39, 0.29) is 0 Å². The van der Waals surface area contributed by atoms with Crippen LogP contribution in [0.2, 0.25) is 0 Å². The minimum Gasteiger partial charge on any atom is -0.450 e. The molecule has 0 aliphatic carbocycles. The third-order valence-corrected chi connectivity index (χ3v) is 5.25. The third kappa shape index (κ3) is 4.19. The fraction of sp³-hybridized carbons (Fsp3) is 0.667. The van der Waals surface area contributed by atoms with Gasteiger partial charge in [-0.3, -0.25) is 0 Å². The molecule has 0 radical (unpaired) electrons. The summed E-state index contributed by atoms with van der Waals surface area (Å²) in [6.07, 6.45) is -3.80. The average Bonchev–Trinajstić information content (AvgIpc) is 2.95. The van der Waals surface area contributed by atoms with Gasteiger partial charge in [0.15, 0.2) is 24.0 Å². The highest BCUT2D eigenvalue weighted by Crippen LogP contribution is 2.42. The number of hydrogen-bond acceptors (Lipinski definition) is 8. The predicted octanol–water partition coefficient (Wildman–Crippen LogP) is 2.25. The first-order valence-electron chi connectivity index (χ1n) is 9.81. The van der Waals surface area contributed by atoms with E-state index in [9.17, 15) is 4.79 Å². The molecule has 8 heteroatoms. The zero-order valence-electron chi connectivity index (χ0n) is 17.3. The Morgan fingerprint density at radius 2 is 1.62 bits per heavy atom. The number of hydrogen-bond donors (Lipinski definition) is 0. The second-order valence-corrected chi connectivity index (χ2v) is 8.37. The highest BCUT2D eigenvalue weighted by atomic mass is 16.8. The van der Waals surface area contributed by atoms with Crippen molar-refractivity contribution in [2.45, 2.75) is 76.1 Å². The Balaban J connectivity index is 1.65. The summed E-state index contributed by atoms with van der Waals surface area (Å²) in [5, 5.41) is 0. The van der Waals surface area contributed by atoms with E-state index in [0.29, 0.717) is 12.2 Å². The smallest absolute Gasteiger partial charge is 0.338 e. The summed E-state index contributed by atoms with van der Waals surface area (Å²) >= 11 is 0. The van der Waals surface area contributed by atoms with Gasteiger partial charge in [0.25, 0.3) is 0 Å². The first-order valence-corrected chi connectivity index (χ1v) is 9.81. The van der Waals surface area contributed by atoms with Gasteiger partial charge >= 0.3 is 5.97 Å². The second kappa shape index (κ2) is 7.61. The van der Waals surface area contributed by atoms with E-state index >= 15 is 0 Å². The lowest BCUT2D eigenvalue weighted by Gasteiger charge is -2.42. The monoisotopic (exact) mass is 408 g/mol. The fourth-order valence-electron chi connectivity index (χ4n) is 4.02. The number of carbonyl (C=O) groups is 1. The van der Waals surface area contributed by atoms with Crippen LogP contribution in [0.15, 0.2) is 30.3 Å². The van der Waals surface area contributed by atoms with Gasteiger partial charge in [-0.05, 0) is 39.8 Å². The zero-order valence-corrected chi connectivity index (χ0v) is 17.3. The van der Waals surface area contributed by atoms with Crippen LogP contribution in [0.5, 0.6) is 0 Å². The van der Waals surface area contributed by atoms with Crippen LogP contribution in [0.4, 0.5) is 0 Å². The first kappa shape index (κ1) is 20.7. The molecule has 3 aliphatic heterocycles. The van der Waals surface area contributed by atoms with Gasteiger partial charge < -0.3 is 33.2 Å². The lowest BCUT2D eigenvalue weighted by Crippen LogP contribution is -2.55. The summed E-state index contributed by atoms with van der Waals surface area (Å²) in [4.78, 5) is 12.8. The van der Waals surface area contributed by atoms with Gasteiger partial charge in [-0.25, -0.2) is 4.79 Å². The molecule has 0 bridgehead atoms. The van der Waals surface area contributed by atoms with E-state index < -0.39 is 54.4 Å². The van der Waals surface area contributed by atoms with Crippen molar-refractivity contribution < 1.29 is 38.0 Å². The van der Waals surface area contributed by atoms with E-state index in [1.807, 2.05) is 33.8 Å². The van der Waals surface area contributed by atoms with Crippen molar-refractivity contribution in [3.8, 4) is 0 Å². The van der Waals surface area contributed by atoms with Crippen molar-refractivity contribution in [3.63, 3.8) is 0 Å². The quantitative estimate of drug-likeness (QED) is 0.705. The highest BCUT2D eigenvalue weighted by Gasteiger charge is 2.59. The van der Waals surface area contributed by atoms with Crippen LogP contribution in [-0.2, 0) is 33.2 Å². The summed E-state index contributed by atoms with van der Waals surface area (Å²) in [5.74, 6) is -2.16. The number of fused-ring (bicyclic) bond motifs is 3. The summed E-state index contributed by atoms with van der Waals surface area (Å²) in [5.41, 5.74) is 0.430. The van der Waals surface area contributed by atoms with Crippen LogP contribution in [0.3, 0.4) is 0 Å². The summed E-state index contributed by atoms with van der Waals surface area (Å²) in [6.45, 7) is 7.61. The Hall–Kier alpha value is -1.55. The molecule has 160 valence electrons. The zero-order chi connectivity index (χ0) is 20.8. The maximum Gasteiger partial charge on any atom is 0.338 e. The lowest BCUT2D eigenvalue weighted by atomic mass is 9.99. The van der Waals surface area contributed by atoms with E-state index in [1.165, 1.54) is 7.11 Å². The molecule has 3 aliphatic rings. The maximum absolute atomic E-state index is 12.8. The Kier molecular flexibility index (Phi) is 5.43. The summed E-state index contributed by atoms with van der Waals surface area (Å²) in [7, 11) is 1.50. The Morgan fingerprint density at radius 3 is 2.31 bits per heavy atom. The van der Waals surface area contributed by atoms with Gasteiger partial charge in [0.1, 0.15) is 24.4 Å². The predicted molar refractivity (Wildman–Crippen MR) is 100 cm³/mol. The number of methoxy groups -OCH3 is 1. The van der Waals surface area contributed by atoms with Gasteiger partial charge in [-0.15, -0.1) is 0 Å². The van der Waals surface area contributed by atoms with Crippen LogP contribution in [-0.4, -0.2) is 68.1 Å². The summed E-state index contributed by atoms with van der Waals surface area (Å²) in [6, 6.07) is 8.76. The molecule has 3 fully saturated rings. The van der Waals surface area contributed by atoms with E-state index in [1.54, 1.807) is 24.3 Å². The van der Waals surface area contributed by atoms with Gasteiger partial charge in [0.2, 0.25) is 0 Å². The second-order valence-electron chi connectivity index (χ2n) is 8.37. The molecular weight excluding hydrogens is 380 g/mol. The van der Waals surface area contributed by atoms with Crippen LogP contribution in [0.25, 0.3) is 0 Å². The number of esters is 1. The Bertz CT molecular complexity index is 733. The molecule has 0 spiro atoms. The minimum absolute atomic E-state index is 0.296. The van der Waals surface area contributed by atoms with Gasteiger partial charge in [-0.2, -0.15) is 0 Å². The van der Waals surface area contributed by atoms with Crippen molar-refractivity contribution in [3.05, 3.63) is 35.9 Å². The molecule has 1 aromatic rings. The van der Waals surface area contributed by atoms with Crippen LogP contribution >= 0.6 is 0 Å². The van der Waals surface area contributed by atoms with Crippen molar-refractivity contribution in [2.24, 2.45) is 0 Å². The molecule has 0 saturated carbocycles. The van der Waals surface area contributed by atoms with Crippen molar-refractivity contribution >= 4 is 5.97 Å². The van der Waals surface area contributed by atoms with Gasteiger partial charge in [0, 0.05) is 7.11 Å². The van der Waals surface area contributed by atoms with E-state index in [2.05, 4.69) is 0 Å².